The summed E-state index contributed by atoms with van der Waals surface area (Å²) in [4.78, 5) is 5.76. The van der Waals surface area contributed by atoms with Crippen LogP contribution < -0.4 is 10.4 Å². The third-order valence-electron chi connectivity index (χ3n) is 7.62. The number of hydrogen-bond donors (Lipinski definition) is 0. The van der Waals surface area contributed by atoms with E-state index < -0.39 is 138 Å². The largest absolute Gasteiger partial charge is 0.525 e. The summed E-state index contributed by atoms with van der Waals surface area (Å²) in [5.74, 6) is -12.8. The lowest BCUT2D eigenvalue weighted by Gasteiger charge is -2.18. The highest BCUT2D eigenvalue weighted by molar-refractivity contribution is 5.90. The van der Waals surface area contributed by atoms with Crippen molar-refractivity contribution in [3.63, 3.8) is 0 Å². The van der Waals surface area contributed by atoms with Crippen molar-refractivity contribution in [1.29, 1.82) is 10.5 Å². The van der Waals surface area contributed by atoms with Gasteiger partial charge in [-0.25, -0.2) is 26.3 Å². The van der Waals surface area contributed by atoms with Gasteiger partial charge in [-0.15, -0.1) is 0 Å². The number of alkyl halides is 6. The van der Waals surface area contributed by atoms with Gasteiger partial charge in [-0.1, -0.05) is 0 Å². The Bertz CT molecular complexity index is 2120. The van der Waals surface area contributed by atoms with Gasteiger partial charge < -0.3 is 0 Å². The zero-order valence-electron chi connectivity index (χ0n) is 23.0. The molecule has 0 amide bonds. The van der Waals surface area contributed by atoms with E-state index in [1.165, 1.54) is 12.1 Å². The molecule has 3 aromatic rings. The number of fused-ring (bicyclic) bond motifs is 2. The van der Waals surface area contributed by atoms with E-state index in [-0.39, 0.29) is 24.3 Å². The number of allylic oxidation sites excluding steroid dienone is 3. The maximum absolute atomic E-state index is 16.3. The van der Waals surface area contributed by atoms with Gasteiger partial charge in [0.15, 0.2) is 0 Å². The Morgan fingerprint density at radius 3 is 1.25 bits per heavy atom. The van der Waals surface area contributed by atoms with Crippen LogP contribution in [-0.2, 0) is 25.2 Å². The molecule has 0 fully saturated rings. The van der Waals surface area contributed by atoms with Gasteiger partial charge in [0.1, 0.15) is 76.9 Å². The number of benzene rings is 3. The molecule has 240 valence electrons. The minimum absolute atomic E-state index is 0.119. The minimum Gasteiger partial charge on any atom is -0.207 e. The number of hydrogen-bond acceptors (Lipinski definition) is 2. The lowest BCUT2D eigenvalue weighted by molar-refractivity contribution is -0.143. The summed E-state index contributed by atoms with van der Waals surface area (Å²) in [7, 11) is 0. The second-order valence-electron chi connectivity index (χ2n) is 10.2. The van der Waals surface area contributed by atoms with E-state index in [0.717, 1.165) is 0 Å². The molecular weight excluding hydrogens is 668 g/mol. The van der Waals surface area contributed by atoms with E-state index >= 15 is 8.78 Å². The van der Waals surface area contributed by atoms with Crippen molar-refractivity contribution in [1.82, 2.24) is 0 Å². The molecule has 0 saturated heterocycles. The lowest BCUT2D eigenvalue weighted by atomic mass is 9.86. The van der Waals surface area contributed by atoms with E-state index in [2.05, 4.69) is 9.69 Å². The highest BCUT2D eigenvalue weighted by Gasteiger charge is 2.42. The maximum Gasteiger partial charge on any atom is 0.525 e. The molecule has 5 rings (SSSR count). The molecule has 0 heterocycles. The van der Waals surface area contributed by atoms with E-state index in [4.69, 9.17) is 13.1 Å². The maximum atomic E-state index is 16.3. The Kier molecular flexibility index (Phi) is 7.89. The summed E-state index contributed by atoms with van der Waals surface area (Å²) in [6.45, 7) is 14.5. The summed E-state index contributed by atoms with van der Waals surface area (Å²) in [6.07, 6.45) is -12.9. The number of nitrogens with zero attached hydrogens (tertiary/aromatic N) is 4. The first-order chi connectivity index (χ1) is 22.4. The van der Waals surface area contributed by atoms with Gasteiger partial charge in [-0.3, -0.25) is 0 Å². The van der Waals surface area contributed by atoms with Crippen LogP contribution in [0.4, 0.5) is 52.7 Å². The van der Waals surface area contributed by atoms with E-state index in [0.29, 0.717) is 0 Å². The Morgan fingerprint density at radius 1 is 0.604 bits per heavy atom. The summed E-state index contributed by atoms with van der Waals surface area (Å²) in [5, 5.41) is 17.2. The average molecular weight is 676 g/mol. The summed E-state index contributed by atoms with van der Waals surface area (Å²) >= 11 is 0. The normalized spacial score (nSPS) is 13.8. The third kappa shape index (κ3) is 5.03. The molecule has 16 heteroatoms. The van der Waals surface area contributed by atoms with Crippen molar-refractivity contribution < 1.29 is 52.7 Å². The molecule has 0 unspecified atom stereocenters. The number of halogens is 12. The van der Waals surface area contributed by atoms with Crippen LogP contribution in [-0.4, -0.2) is 0 Å². The summed E-state index contributed by atoms with van der Waals surface area (Å²) in [6, 6.07) is 3.23. The van der Waals surface area contributed by atoms with Crippen LogP contribution in [0, 0.1) is 59.1 Å². The highest BCUT2D eigenvalue weighted by atomic mass is 19.4. The monoisotopic (exact) mass is 676 g/mol. The molecule has 2 aliphatic carbocycles. The Balaban J connectivity index is 2.09. The van der Waals surface area contributed by atoms with Crippen LogP contribution in [0.2, 0.25) is 0 Å². The summed E-state index contributed by atoms with van der Waals surface area (Å²) < 4.78 is 172. The molecule has 0 radical (unpaired) electrons. The van der Waals surface area contributed by atoms with Crippen molar-refractivity contribution in [3.05, 3.63) is 126 Å². The molecule has 0 atom stereocenters. The molecule has 3 aromatic carbocycles. The predicted molar refractivity (Wildman–Crippen MR) is 141 cm³/mol. The van der Waals surface area contributed by atoms with Crippen LogP contribution in [0.1, 0.15) is 22.3 Å². The minimum atomic E-state index is -5.56. The van der Waals surface area contributed by atoms with Crippen molar-refractivity contribution in [2.24, 2.45) is 0 Å². The van der Waals surface area contributed by atoms with Crippen molar-refractivity contribution in [3.8, 4) is 34.4 Å². The van der Waals surface area contributed by atoms with E-state index in [1.807, 2.05) is 0 Å². The van der Waals surface area contributed by atoms with Crippen LogP contribution in [0.15, 0.2) is 46.8 Å². The van der Waals surface area contributed by atoms with Crippen molar-refractivity contribution in [2.45, 2.75) is 25.2 Å². The second-order valence-corrected chi connectivity index (χ2v) is 10.2. The molecule has 0 aliphatic heterocycles. The molecule has 0 spiro atoms. The van der Waals surface area contributed by atoms with Crippen LogP contribution in [0.25, 0.3) is 43.6 Å². The smallest absolute Gasteiger partial charge is 0.207 e. The average Bonchev–Trinajstić information content (AvgIpc) is 3.48. The number of rotatable bonds is 2. The Labute approximate surface area is 260 Å². The fraction of sp³-hybridized carbons (Fsp3) is 0.125. The molecule has 4 nitrogen and oxygen atoms in total. The molecule has 0 bridgehead atoms. The Hall–Kier alpha value is -6.00. The van der Waals surface area contributed by atoms with Gasteiger partial charge in [0.2, 0.25) is 0 Å². The van der Waals surface area contributed by atoms with Crippen molar-refractivity contribution in [2.75, 3.05) is 0 Å². The van der Waals surface area contributed by atoms with E-state index in [1.54, 1.807) is 0 Å². The molecule has 0 N–H and O–H groups in total. The first-order valence-corrected chi connectivity index (χ1v) is 12.8. The van der Waals surface area contributed by atoms with Crippen molar-refractivity contribution >= 4 is 11.7 Å². The SMILES string of the molecule is [C-]#[N+]C([N+]#[C-])=C1Cc2c(-c3cc(F)c(C(F)(F)F)c(F)c3)c3c(c(-c4cc(F)c(C(F)(F)F)c(F)c4)c2=C1F)CC(=C(C#N)C#N)C=3F. The lowest BCUT2D eigenvalue weighted by Crippen LogP contribution is -2.25. The van der Waals surface area contributed by atoms with Crippen LogP contribution >= 0.6 is 0 Å². The van der Waals surface area contributed by atoms with Gasteiger partial charge in [0.05, 0.1) is 5.57 Å². The first kappa shape index (κ1) is 33.4. The van der Waals surface area contributed by atoms with Gasteiger partial charge in [0, 0.05) is 28.9 Å². The standard InChI is InChI=1S/C32H8F12N4/c1-47-30(48-2)17-8-16-23(12-5-20(35)27(21(36)6-12)32(42,43)44)24-15(7-14(28(24)37)13(9-45)10-46)22(25(16)29(17)38)11-3-18(33)26(19(34)4-11)31(39,40)41/h3-6H,7-8H2. The first-order valence-electron chi connectivity index (χ1n) is 12.8. The molecule has 0 saturated carbocycles. The quantitative estimate of drug-likeness (QED) is 0.156. The van der Waals surface area contributed by atoms with Gasteiger partial charge in [0.25, 0.3) is 0 Å². The van der Waals surface area contributed by atoms with Crippen LogP contribution in [0.5, 0.6) is 0 Å². The molecule has 48 heavy (non-hydrogen) atoms. The van der Waals surface area contributed by atoms with Gasteiger partial charge in [-0.2, -0.15) is 46.6 Å². The zero-order chi connectivity index (χ0) is 35.6. The molecule has 2 aliphatic rings. The molecule has 0 aromatic heterocycles. The fourth-order valence-electron chi connectivity index (χ4n) is 5.81. The zero-order valence-corrected chi connectivity index (χ0v) is 23.0. The van der Waals surface area contributed by atoms with E-state index in [9.17, 15) is 54.4 Å². The predicted octanol–water partition coefficient (Wildman–Crippen LogP) is 8.28. The number of nitriles is 2. The second kappa shape index (κ2) is 11.4. The third-order valence-corrected chi connectivity index (χ3v) is 7.62. The molecular formula is C32H8F12N4. The van der Waals surface area contributed by atoms with Crippen LogP contribution in [0.3, 0.4) is 0 Å². The Morgan fingerprint density at radius 2 is 0.938 bits per heavy atom. The highest BCUT2D eigenvalue weighted by Crippen LogP contribution is 2.43. The van der Waals surface area contributed by atoms with Gasteiger partial charge >= 0.3 is 18.2 Å². The fourth-order valence-corrected chi connectivity index (χ4v) is 5.81. The topological polar surface area (TPSA) is 56.3 Å². The summed E-state index contributed by atoms with van der Waals surface area (Å²) in [5.41, 5.74) is -11.5. The van der Waals surface area contributed by atoms with Gasteiger partial charge in [-0.05, 0) is 57.6 Å².